The van der Waals surface area contributed by atoms with Crippen LogP contribution in [-0.2, 0) is 4.79 Å². The minimum Gasteiger partial charge on any atom is -0.325 e. The Kier molecular flexibility index (Phi) is 4.65. The molecular formula is C13H18N4O3. The van der Waals surface area contributed by atoms with E-state index in [9.17, 15) is 14.9 Å². The largest absolute Gasteiger partial charge is 0.325 e. The Morgan fingerprint density at radius 1 is 1.50 bits per heavy atom. The van der Waals surface area contributed by atoms with E-state index in [1.54, 1.807) is 0 Å². The van der Waals surface area contributed by atoms with Gasteiger partial charge < -0.3 is 10.6 Å². The maximum Gasteiger partial charge on any atom is 0.269 e. The standard InChI is InChI=1S/C13H18N4O3/c1-10-8-16(7-6-14-10)9-13(18)15-11-2-4-12(5-3-11)17(19)20/h2-5,10,14H,6-9H2,1H3,(H,15,18). The van der Waals surface area contributed by atoms with Gasteiger partial charge in [0.1, 0.15) is 0 Å². The molecule has 0 saturated carbocycles. The summed E-state index contributed by atoms with van der Waals surface area (Å²) in [5.41, 5.74) is 0.586. The topological polar surface area (TPSA) is 87.5 Å². The monoisotopic (exact) mass is 278 g/mol. The van der Waals surface area contributed by atoms with E-state index in [0.29, 0.717) is 18.3 Å². The Labute approximate surface area is 117 Å². The summed E-state index contributed by atoms with van der Waals surface area (Å²) in [6.45, 7) is 4.99. The van der Waals surface area contributed by atoms with Crippen LogP contribution in [0.5, 0.6) is 0 Å². The number of rotatable bonds is 4. The van der Waals surface area contributed by atoms with Crippen LogP contribution >= 0.6 is 0 Å². The Hall–Kier alpha value is -1.99. The van der Waals surface area contributed by atoms with Crippen LogP contribution in [0.15, 0.2) is 24.3 Å². The lowest BCUT2D eigenvalue weighted by Crippen LogP contribution is -2.51. The molecule has 1 aromatic carbocycles. The molecule has 1 heterocycles. The molecule has 7 nitrogen and oxygen atoms in total. The first-order valence-electron chi connectivity index (χ1n) is 6.54. The second-order valence-electron chi connectivity index (χ2n) is 4.94. The quantitative estimate of drug-likeness (QED) is 0.629. The number of amides is 1. The van der Waals surface area contributed by atoms with E-state index in [1.165, 1.54) is 24.3 Å². The number of nitrogens with zero attached hydrogens (tertiary/aromatic N) is 2. The number of carbonyl (C=O) groups excluding carboxylic acids is 1. The smallest absolute Gasteiger partial charge is 0.269 e. The molecule has 1 aliphatic heterocycles. The van der Waals surface area contributed by atoms with Gasteiger partial charge in [-0.3, -0.25) is 19.8 Å². The summed E-state index contributed by atoms with van der Waals surface area (Å²) < 4.78 is 0. The van der Waals surface area contributed by atoms with Crippen LogP contribution < -0.4 is 10.6 Å². The molecule has 0 radical (unpaired) electrons. The third-order valence-electron chi connectivity index (χ3n) is 3.18. The van der Waals surface area contributed by atoms with Crippen molar-refractivity contribution in [3.05, 3.63) is 34.4 Å². The zero-order valence-corrected chi connectivity index (χ0v) is 11.3. The number of non-ortho nitro benzene ring substituents is 1. The van der Waals surface area contributed by atoms with Crippen LogP contribution in [-0.4, -0.2) is 48.0 Å². The minimum absolute atomic E-state index is 0.0129. The maximum atomic E-state index is 11.9. The molecule has 2 rings (SSSR count). The van der Waals surface area contributed by atoms with Crippen molar-refractivity contribution in [2.75, 3.05) is 31.5 Å². The van der Waals surface area contributed by atoms with Gasteiger partial charge in [0.15, 0.2) is 0 Å². The van der Waals surface area contributed by atoms with E-state index < -0.39 is 4.92 Å². The Balaban J connectivity index is 1.86. The van der Waals surface area contributed by atoms with E-state index in [2.05, 4.69) is 22.5 Å². The molecule has 2 N–H and O–H groups in total. The summed E-state index contributed by atoms with van der Waals surface area (Å²) in [6, 6.07) is 6.22. The second kappa shape index (κ2) is 6.44. The van der Waals surface area contributed by atoms with Crippen LogP contribution in [0.25, 0.3) is 0 Å². The molecular weight excluding hydrogens is 260 g/mol. The molecule has 1 unspecified atom stereocenters. The van der Waals surface area contributed by atoms with Gasteiger partial charge in [-0.2, -0.15) is 0 Å². The van der Waals surface area contributed by atoms with Crippen molar-refractivity contribution < 1.29 is 9.72 Å². The number of benzene rings is 1. The number of nitrogens with one attached hydrogen (secondary N) is 2. The van der Waals surface area contributed by atoms with Crippen LogP contribution in [0, 0.1) is 10.1 Å². The summed E-state index contributed by atoms with van der Waals surface area (Å²) in [7, 11) is 0. The minimum atomic E-state index is -0.465. The molecule has 20 heavy (non-hydrogen) atoms. The molecule has 1 aliphatic rings. The summed E-state index contributed by atoms with van der Waals surface area (Å²) in [4.78, 5) is 24.1. The molecule has 0 aliphatic carbocycles. The fourth-order valence-electron chi connectivity index (χ4n) is 2.23. The van der Waals surface area contributed by atoms with Crippen LogP contribution in [0.3, 0.4) is 0 Å². The maximum absolute atomic E-state index is 11.9. The zero-order valence-electron chi connectivity index (χ0n) is 11.3. The van der Waals surface area contributed by atoms with Crippen LogP contribution in [0.2, 0.25) is 0 Å². The van der Waals surface area contributed by atoms with Gasteiger partial charge in [-0.15, -0.1) is 0 Å². The highest BCUT2D eigenvalue weighted by Crippen LogP contribution is 2.15. The van der Waals surface area contributed by atoms with Crippen LogP contribution in [0.4, 0.5) is 11.4 Å². The van der Waals surface area contributed by atoms with Gasteiger partial charge in [-0.05, 0) is 19.1 Å². The first-order chi connectivity index (χ1) is 9.54. The highest BCUT2D eigenvalue weighted by molar-refractivity contribution is 5.92. The SMILES string of the molecule is CC1CN(CC(=O)Nc2ccc([N+](=O)[O-])cc2)CCN1. The van der Waals surface area contributed by atoms with Crippen molar-refractivity contribution >= 4 is 17.3 Å². The number of anilines is 1. The molecule has 7 heteroatoms. The van der Waals surface area contributed by atoms with E-state index in [1.807, 2.05) is 0 Å². The van der Waals surface area contributed by atoms with Crippen molar-refractivity contribution in [2.45, 2.75) is 13.0 Å². The van der Waals surface area contributed by atoms with Gasteiger partial charge in [0.2, 0.25) is 5.91 Å². The summed E-state index contributed by atoms with van der Waals surface area (Å²) in [5.74, 6) is -0.104. The van der Waals surface area contributed by atoms with E-state index >= 15 is 0 Å². The fourth-order valence-corrected chi connectivity index (χ4v) is 2.23. The lowest BCUT2D eigenvalue weighted by atomic mass is 10.2. The van der Waals surface area contributed by atoms with Gasteiger partial charge in [0, 0.05) is 43.5 Å². The summed E-state index contributed by atoms with van der Waals surface area (Å²) >= 11 is 0. The van der Waals surface area contributed by atoms with E-state index in [0.717, 1.165) is 19.6 Å². The molecule has 1 aromatic rings. The lowest BCUT2D eigenvalue weighted by molar-refractivity contribution is -0.384. The third-order valence-corrected chi connectivity index (χ3v) is 3.18. The number of nitro groups is 1. The number of nitro benzene ring substituents is 1. The lowest BCUT2D eigenvalue weighted by Gasteiger charge is -2.31. The Morgan fingerprint density at radius 2 is 2.20 bits per heavy atom. The van der Waals surface area contributed by atoms with Gasteiger partial charge in [-0.25, -0.2) is 0 Å². The molecule has 0 spiro atoms. The molecule has 1 fully saturated rings. The van der Waals surface area contributed by atoms with Crippen molar-refractivity contribution in [3.63, 3.8) is 0 Å². The van der Waals surface area contributed by atoms with Gasteiger partial charge in [0.25, 0.3) is 5.69 Å². The molecule has 108 valence electrons. The van der Waals surface area contributed by atoms with Crippen molar-refractivity contribution in [1.82, 2.24) is 10.2 Å². The molecule has 0 bridgehead atoms. The fraction of sp³-hybridized carbons (Fsp3) is 0.462. The van der Waals surface area contributed by atoms with Gasteiger partial charge >= 0.3 is 0 Å². The predicted molar refractivity (Wildman–Crippen MR) is 75.6 cm³/mol. The Morgan fingerprint density at radius 3 is 2.80 bits per heavy atom. The Bertz CT molecular complexity index is 489. The predicted octanol–water partition coefficient (Wildman–Crippen LogP) is 0.827. The summed E-state index contributed by atoms with van der Waals surface area (Å²) in [6.07, 6.45) is 0. The van der Waals surface area contributed by atoms with Crippen LogP contribution in [0.1, 0.15) is 6.92 Å². The van der Waals surface area contributed by atoms with E-state index in [4.69, 9.17) is 0 Å². The number of carbonyl (C=O) groups is 1. The van der Waals surface area contributed by atoms with Gasteiger partial charge in [-0.1, -0.05) is 0 Å². The highest BCUT2D eigenvalue weighted by atomic mass is 16.6. The number of hydrogen-bond donors (Lipinski definition) is 2. The zero-order chi connectivity index (χ0) is 14.5. The first kappa shape index (κ1) is 14.4. The normalized spacial score (nSPS) is 19.6. The second-order valence-corrected chi connectivity index (χ2v) is 4.94. The van der Waals surface area contributed by atoms with Crippen molar-refractivity contribution in [3.8, 4) is 0 Å². The summed E-state index contributed by atoms with van der Waals surface area (Å²) in [5, 5.41) is 16.6. The first-order valence-corrected chi connectivity index (χ1v) is 6.54. The molecule has 1 amide bonds. The average molecular weight is 278 g/mol. The average Bonchev–Trinajstić information content (AvgIpc) is 2.39. The molecule has 1 atom stereocenters. The van der Waals surface area contributed by atoms with Gasteiger partial charge in [0.05, 0.1) is 11.5 Å². The molecule has 1 saturated heterocycles. The van der Waals surface area contributed by atoms with E-state index in [-0.39, 0.29) is 11.6 Å². The van der Waals surface area contributed by atoms with Crippen molar-refractivity contribution in [1.29, 1.82) is 0 Å². The number of hydrogen-bond acceptors (Lipinski definition) is 5. The molecule has 0 aromatic heterocycles. The third kappa shape index (κ3) is 4.01. The number of piperazine rings is 1. The highest BCUT2D eigenvalue weighted by Gasteiger charge is 2.18. The van der Waals surface area contributed by atoms with Crippen molar-refractivity contribution in [2.24, 2.45) is 0 Å².